The highest BCUT2D eigenvalue weighted by molar-refractivity contribution is 8.06. The van der Waals surface area contributed by atoms with Gasteiger partial charge in [0.25, 0.3) is 5.91 Å². The summed E-state index contributed by atoms with van der Waals surface area (Å²) >= 11 is 3.91. The Morgan fingerprint density at radius 3 is 2.95 bits per heavy atom. The van der Waals surface area contributed by atoms with Gasteiger partial charge in [0, 0.05) is 40.3 Å². The van der Waals surface area contributed by atoms with Crippen LogP contribution < -0.4 is 11.1 Å². The Labute approximate surface area is 128 Å². The molecule has 1 heterocycles. The molecule has 3 N–H and O–H groups in total. The van der Waals surface area contributed by atoms with E-state index in [1.165, 1.54) is 11.5 Å². The number of carbonyl (C=O) groups excluding carboxylic acids is 1. The maximum atomic E-state index is 12.1. The lowest BCUT2D eigenvalue weighted by Crippen LogP contribution is -2.33. The van der Waals surface area contributed by atoms with Crippen LogP contribution in [0, 0.1) is 6.92 Å². The summed E-state index contributed by atoms with van der Waals surface area (Å²) in [5.74, 6) is 3.52. The number of amides is 1. The van der Waals surface area contributed by atoms with E-state index in [1.54, 1.807) is 6.07 Å². The van der Waals surface area contributed by atoms with Crippen molar-refractivity contribution in [1.29, 1.82) is 0 Å². The Morgan fingerprint density at radius 2 is 2.26 bits per heavy atom. The van der Waals surface area contributed by atoms with Gasteiger partial charge in [-0.1, -0.05) is 6.07 Å². The molecule has 1 fully saturated rings. The molecule has 3 nitrogen and oxygen atoms in total. The van der Waals surface area contributed by atoms with Gasteiger partial charge >= 0.3 is 0 Å². The zero-order valence-corrected chi connectivity index (χ0v) is 13.3. The Bertz CT molecular complexity index is 437. The molecule has 0 aliphatic carbocycles. The number of nitrogens with two attached hydrogens (primary N) is 1. The Balaban J connectivity index is 0.00000180. The molecule has 19 heavy (non-hydrogen) atoms. The molecule has 1 aromatic carbocycles. The summed E-state index contributed by atoms with van der Waals surface area (Å²) in [6, 6.07) is 5.45. The molecule has 0 radical (unpaired) electrons. The molecule has 1 atom stereocenters. The van der Waals surface area contributed by atoms with Gasteiger partial charge in [0.2, 0.25) is 0 Å². The standard InChI is InChI=1S/C13H18N2OS2.ClH/c1-9-2-3-10(14)6-12(9)13(16)15-7-11-8-17-4-5-18-11;/h2-3,6,11H,4-5,7-8,14H2,1H3,(H,15,16);1H. The largest absolute Gasteiger partial charge is 0.399 e. The SMILES string of the molecule is Cc1ccc(N)cc1C(=O)NCC1CSCCS1.Cl. The van der Waals surface area contributed by atoms with Crippen molar-refractivity contribution in [3.05, 3.63) is 29.3 Å². The predicted octanol–water partition coefficient (Wildman–Crippen LogP) is 2.58. The summed E-state index contributed by atoms with van der Waals surface area (Å²) in [6.07, 6.45) is 0. The van der Waals surface area contributed by atoms with Crippen LogP contribution in [0.2, 0.25) is 0 Å². The third-order valence-electron chi connectivity index (χ3n) is 2.88. The summed E-state index contributed by atoms with van der Waals surface area (Å²) in [5, 5.41) is 3.54. The van der Waals surface area contributed by atoms with Crippen molar-refractivity contribution in [2.45, 2.75) is 12.2 Å². The molecule has 0 saturated carbocycles. The summed E-state index contributed by atoms with van der Waals surface area (Å²) < 4.78 is 0. The Hall–Kier alpha value is -0.520. The van der Waals surface area contributed by atoms with Crippen LogP contribution in [0.15, 0.2) is 18.2 Å². The van der Waals surface area contributed by atoms with Crippen LogP contribution in [0.5, 0.6) is 0 Å². The first kappa shape index (κ1) is 16.5. The van der Waals surface area contributed by atoms with E-state index in [2.05, 4.69) is 5.32 Å². The van der Waals surface area contributed by atoms with E-state index >= 15 is 0 Å². The number of halogens is 1. The molecule has 2 rings (SSSR count). The number of aryl methyl sites for hydroxylation is 1. The van der Waals surface area contributed by atoms with Crippen molar-refractivity contribution in [3.8, 4) is 0 Å². The van der Waals surface area contributed by atoms with Gasteiger partial charge < -0.3 is 11.1 Å². The van der Waals surface area contributed by atoms with Crippen molar-refractivity contribution < 1.29 is 4.79 Å². The van der Waals surface area contributed by atoms with E-state index in [0.29, 0.717) is 16.5 Å². The lowest BCUT2D eigenvalue weighted by atomic mass is 10.1. The second-order valence-electron chi connectivity index (χ2n) is 4.35. The van der Waals surface area contributed by atoms with Gasteiger partial charge in [0.1, 0.15) is 0 Å². The van der Waals surface area contributed by atoms with E-state index in [0.717, 1.165) is 17.9 Å². The number of benzene rings is 1. The number of hydrogen-bond donors (Lipinski definition) is 2. The van der Waals surface area contributed by atoms with E-state index in [-0.39, 0.29) is 18.3 Å². The normalized spacial score (nSPS) is 18.5. The predicted molar refractivity (Wildman–Crippen MR) is 88.7 cm³/mol. The number of anilines is 1. The van der Waals surface area contributed by atoms with Gasteiger partial charge in [-0.15, -0.1) is 12.4 Å². The number of nitrogen functional groups attached to an aromatic ring is 1. The maximum Gasteiger partial charge on any atom is 0.251 e. The summed E-state index contributed by atoms with van der Waals surface area (Å²) in [6.45, 7) is 2.67. The van der Waals surface area contributed by atoms with Crippen LogP contribution in [0.1, 0.15) is 15.9 Å². The van der Waals surface area contributed by atoms with Crippen LogP contribution in [-0.4, -0.2) is 35.0 Å². The molecule has 1 aromatic rings. The molecule has 1 aliphatic rings. The van der Waals surface area contributed by atoms with Crippen LogP contribution in [-0.2, 0) is 0 Å². The molecular formula is C13H19ClN2OS2. The highest BCUT2D eigenvalue weighted by atomic mass is 35.5. The third kappa shape index (κ3) is 4.82. The van der Waals surface area contributed by atoms with Crippen LogP contribution >= 0.6 is 35.9 Å². The zero-order valence-electron chi connectivity index (χ0n) is 10.8. The minimum atomic E-state index is -0.0176. The minimum absolute atomic E-state index is 0. The van der Waals surface area contributed by atoms with Crippen molar-refractivity contribution in [1.82, 2.24) is 5.32 Å². The fourth-order valence-corrected chi connectivity index (χ4v) is 4.45. The van der Waals surface area contributed by atoms with Gasteiger partial charge in [0.05, 0.1) is 0 Å². The van der Waals surface area contributed by atoms with E-state index in [9.17, 15) is 4.79 Å². The first-order chi connectivity index (χ1) is 8.66. The molecule has 1 aliphatic heterocycles. The molecule has 0 aromatic heterocycles. The van der Waals surface area contributed by atoms with Crippen LogP contribution in [0.25, 0.3) is 0 Å². The maximum absolute atomic E-state index is 12.1. The quantitative estimate of drug-likeness (QED) is 0.841. The fourth-order valence-electron chi connectivity index (χ4n) is 1.84. The second kappa shape index (κ2) is 7.92. The second-order valence-corrected chi connectivity index (χ2v) is 6.91. The van der Waals surface area contributed by atoms with Gasteiger partial charge in [-0.3, -0.25) is 4.79 Å². The molecule has 1 unspecified atom stereocenters. The van der Waals surface area contributed by atoms with Gasteiger partial charge in [0.15, 0.2) is 0 Å². The zero-order chi connectivity index (χ0) is 13.0. The van der Waals surface area contributed by atoms with Gasteiger partial charge in [-0.2, -0.15) is 23.5 Å². The summed E-state index contributed by atoms with van der Waals surface area (Å²) in [5.41, 5.74) is 8.00. The van der Waals surface area contributed by atoms with Gasteiger partial charge in [-0.25, -0.2) is 0 Å². The first-order valence-corrected chi connectivity index (χ1v) is 8.21. The number of thioether (sulfide) groups is 2. The third-order valence-corrected chi connectivity index (χ3v) is 5.73. The lowest BCUT2D eigenvalue weighted by molar-refractivity contribution is 0.0953. The Morgan fingerprint density at radius 1 is 1.47 bits per heavy atom. The number of rotatable bonds is 3. The average Bonchev–Trinajstić information content (AvgIpc) is 2.40. The van der Waals surface area contributed by atoms with Crippen molar-refractivity contribution in [3.63, 3.8) is 0 Å². The minimum Gasteiger partial charge on any atom is -0.399 e. The van der Waals surface area contributed by atoms with E-state index < -0.39 is 0 Å². The van der Waals surface area contributed by atoms with Crippen LogP contribution in [0.4, 0.5) is 5.69 Å². The highest BCUT2D eigenvalue weighted by Crippen LogP contribution is 2.23. The molecule has 1 amide bonds. The number of carbonyl (C=O) groups is 1. The molecule has 1 saturated heterocycles. The molecular weight excluding hydrogens is 300 g/mol. The molecule has 0 bridgehead atoms. The van der Waals surface area contributed by atoms with Crippen molar-refractivity contribution in [2.75, 3.05) is 29.5 Å². The fraction of sp³-hybridized carbons (Fsp3) is 0.462. The number of nitrogens with one attached hydrogen (secondary N) is 1. The highest BCUT2D eigenvalue weighted by Gasteiger charge is 2.16. The van der Waals surface area contributed by atoms with Crippen molar-refractivity contribution in [2.24, 2.45) is 0 Å². The molecule has 0 spiro atoms. The average molecular weight is 319 g/mol. The first-order valence-electron chi connectivity index (χ1n) is 6.00. The summed E-state index contributed by atoms with van der Waals surface area (Å²) in [7, 11) is 0. The monoisotopic (exact) mass is 318 g/mol. The van der Waals surface area contributed by atoms with Gasteiger partial charge in [-0.05, 0) is 24.6 Å². The molecule has 6 heteroatoms. The van der Waals surface area contributed by atoms with Crippen LogP contribution in [0.3, 0.4) is 0 Å². The van der Waals surface area contributed by atoms with Crippen molar-refractivity contribution >= 4 is 47.5 Å². The smallest absolute Gasteiger partial charge is 0.251 e. The van der Waals surface area contributed by atoms with E-state index in [4.69, 9.17) is 5.73 Å². The Kier molecular flexibility index (Phi) is 6.89. The van der Waals surface area contributed by atoms with E-state index in [1.807, 2.05) is 42.6 Å². The molecule has 106 valence electrons. The lowest BCUT2D eigenvalue weighted by Gasteiger charge is -2.21. The number of hydrogen-bond acceptors (Lipinski definition) is 4. The summed E-state index contributed by atoms with van der Waals surface area (Å²) in [4.78, 5) is 12.1. The topological polar surface area (TPSA) is 55.1 Å².